The molecule has 1 heterocycles. The van der Waals surface area contributed by atoms with Crippen molar-refractivity contribution in [2.24, 2.45) is 11.3 Å². The van der Waals surface area contributed by atoms with Crippen LogP contribution in [-0.4, -0.2) is 30.2 Å². The van der Waals surface area contributed by atoms with Gasteiger partial charge in [-0.15, -0.1) is 0 Å². The summed E-state index contributed by atoms with van der Waals surface area (Å²) in [6, 6.07) is 0. The molecule has 98 valence electrons. The highest BCUT2D eigenvalue weighted by molar-refractivity contribution is 4.99. The van der Waals surface area contributed by atoms with Crippen LogP contribution < -0.4 is 0 Å². The van der Waals surface area contributed by atoms with Crippen molar-refractivity contribution in [2.45, 2.75) is 63.8 Å². The summed E-state index contributed by atoms with van der Waals surface area (Å²) in [6.07, 6.45) is 7.46. The summed E-state index contributed by atoms with van der Waals surface area (Å²) in [5.41, 5.74) is 0.0943. The molecule has 1 aliphatic heterocycles. The van der Waals surface area contributed by atoms with Crippen LogP contribution in [0, 0.1) is 11.3 Å². The first-order chi connectivity index (χ1) is 8.15. The molecular weight excluding hydrogens is 216 g/mol. The molecule has 1 saturated heterocycles. The number of rotatable bonds is 0. The van der Waals surface area contributed by atoms with E-state index in [0.29, 0.717) is 5.92 Å². The molecule has 2 aliphatic carbocycles. The predicted octanol–water partition coefficient (Wildman–Crippen LogP) is 2.47. The highest BCUT2D eigenvalue weighted by Crippen LogP contribution is 2.53. The molecule has 3 nitrogen and oxygen atoms in total. The summed E-state index contributed by atoms with van der Waals surface area (Å²) in [5, 5.41) is 10.4. The lowest BCUT2D eigenvalue weighted by Gasteiger charge is -2.49. The van der Waals surface area contributed by atoms with E-state index in [0.717, 1.165) is 38.9 Å². The molecule has 3 fully saturated rings. The molecule has 3 rings (SSSR count). The highest BCUT2D eigenvalue weighted by Gasteiger charge is 2.52. The molecule has 3 atom stereocenters. The van der Waals surface area contributed by atoms with E-state index in [1.54, 1.807) is 0 Å². The van der Waals surface area contributed by atoms with E-state index in [4.69, 9.17) is 9.47 Å². The van der Waals surface area contributed by atoms with Gasteiger partial charge in [0.1, 0.15) is 0 Å². The lowest BCUT2D eigenvalue weighted by Crippen LogP contribution is -2.49. The Labute approximate surface area is 103 Å². The van der Waals surface area contributed by atoms with Crippen molar-refractivity contribution in [3.05, 3.63) is 0 Å². The van der Waals surface area contributed by atoms with Crippen molar-refractivity contribution in [1.82, 2.24) is 0 Å². The van der Waals surface area contributed by atoms with Crippen LogP contribution in [0.15, 0.2) is 0 Å². The Hall–Kier alpha value is -0.120. The second-order valence-electron chi connectivity index (χ2n) is 6.31. The molecule has 1 N–H and O–H groups in total. The Morgan fingerprint density at radius 1 is 1.06 bits per heavy atom. The van der Waals surface area contributed by atoms with Gasteiger partial charge in [0, 0.05) is 12.8 Å². The van der Waals surface area contributed by atoms with E-state index >= 15 is 0 Å². The topological polar surface area (TPSA) is 38.7 Å². The standard InChI is InChI=1S/C14H24O3/c1-13-6-7-14(16-8-9-17-14)10-11(13)4-2-3-5-12(13)15/h11-12,15H,2-10H2,1H3/t11-,12+,13+/m1/s1. The molecule has 3 heteroatoms. The van der Waals surface area contributed by atoms with Gasteiger partial charge in [0.2, 0.25) is 0 Å². The van der Waals surface area contributed by atoms with Crippen LogP contribution in [0.3, 0.4) is 0 Å². The van der Waals surface area contributed by atoms with Gasteiger partial charge in [-0.3, -0.25) is 0 Å². The molecule has 0 amide bonds. The van der Waals surface area contributed by atoms with Crippen LogP contribution in [-0.2, 0) is 9.47 Å². The van der Waals surface area contributed by atoms with E-state index in [1.807, 2.05) is 0 Å². The fourth-order valence-electron chi connectivity index (χ4n) is 4.06. The first-order valence-corrected chi connectivity index (χ1v) is 7.11. The molecule has 0 unspecified atom stereocenters. The van der Waals surface area contributed by atoms with Crippen molar-refractivity contribution >= 4 is 0 Å². The highest BCUT2D eigenvalue weighted by atomic mass is 16.7. The third-order valence-corrected chi connectivity index (χ3v) is 5.39. The maximum Gasteiger partial charge on any atom is 0.168 e. The lowest BCUT2D eigenvalue weighted by atomic mass is 9.62. The minimum absolute atomic E-state index is 0.0943. The monoisotopic (exact) mass is 240 g/mol. The van der Waals surface area contributed by atoms with Gasteiger partial charge in [0.15, 0.2) is 5.79 Å². The minimum Gasteiger partial charge on any atom is -0.393 e. The number of aliphatic hydroxyl groups excluding tert-OH is 1. The largest absolute Gasteiger partial charge is 0.393 e. The molecule has 0 bridgehead atoms. The number of hydrogen-bond acceptors (Lipinski definition) is 3. The average Bonchev–Trinajstić information content (AvgIpc) is 2.72. The third kappa shape index (κ3) is 1.92. The van der Waals surface area contributed by atoms with Crippen LogP contribution in [0.4, 0.5) is 0 Å². The quantitative estimate of drug-likeness (QED) is 0.707. The maximum atomic E-state index is 10.4. The van der Waals surface area contributed by atoms with Gasteiger partial charge in [-0.1, -0.05) is 19.8 Å². The van der Waals surface area contributed by atoms with Crippen LogP contribution in [0.25, 0.3) is 0 Å². The molecular formula is C14H24O3. The van der Waals surface area contributed by atoms with Crippen molar-refractivity contribution in [1.29, 1.82) is 0 Å². The lowest BCUT2D eigenvalue weighted by molar-refractivity contribution is -0.216. The summed E-state index contributed by atoms with van der Waals surface area (Å²) >= 11 is 0. The molecule has 3 aliphatic rings. The Morgan fingerprint density at radius 3 is 2.53 bits per heavy atom. The van der Waals surface area contributed by atoms with Gasteiger partial charge in [0.05, 0.1) is 19.3 Å². The first kappa shape index (κ1) is 11.9. The zero-order valence-electron chi connectivity index (χ0n) is 10.8. The normalized spacial score (nSPS) is 45.5. The number of hydrogen-bond donors (Lipinski definition) is 1. The van der Waals surface area contributed by atoms with E-state index in [-0.39, 0.29) is 17.3 Å². The van der Waals surface area contributed by atoms with E-state index < -0.39 is 0 Å². The van der Waals surface area contributed by atoms with Gasteiger partial charge in [-0.05, 0) is 30.6 Å². The SMILES string of the molecule is C[C@]12CCC3(C[C@H]1CCCC[C@@H]2O)OCCO3. The molecule has 0 radical (unpaired) electrons. The minimum atomic E-state index is -0.297. The van der Waals surface area contributed by atoms with Crippen LogP contribution >= 0.6 is 0 Å². The zero-order chi connectivity index (χ0) is 11.9. The summed E-state index contributed by atoms with van der Waals surface area (Å²) in [7, 11) is 0. The predicted molar refractivity (Wildman–Crippen MR) is 64.6 cm³/mol. The molecule has 0 aromatic heterocycles. The summed E-state index contributed by atoms with van der Waals surface area (Å²) in [6.45, 7) is 3.76. The van der Waals surface area contributed by atoms with Crippen molar-refractivity contribution < 1.29 is 14.6 Å². The summed E-state index contributed by atoms with van der Waals surface area (Å²) < 4.78 is 11.7. The van der Waals surface area contributed by atoms with Crippen molar-refractivity contribution in [2.75, 3.05) is 13.2 Å². The summed E-state index contributed by atoms with van der Waals surface area (Å²) in [5.74, 6) is 0.265. The number of fused-ring (bicyclic) bond motifs is 1. The van der Waals surface area contributed by atoms with Gasteiger partial charge < -0.3 is 14.6 Å². The number of ether oxygens (including phenoxy) is 2. The average molecular weight is 240 g/mol. The second kappa shape index (κ2) is 4.22. The second-order valence-corrected chi connectivity index (χ2v) is 6.31. The number of aliphatic hydroxyl groups is 1. The van der Waals surface area contributed by atoms with Crippen molar-refractivity contribution in [3.63, 3.8) is 0 Å². The fourth-order valence-corrected chi connectivity index (χ4v) is 4.06. The van der Waals surface area contributed by atoms with Gasteiger partial charge in [0.25, 0.3) is 0 Å². The third-order valence-electron chi connectivity index (χ3n) is 5.39. The van der Waals surface area contributed by atoms with Crippen LogP contribution in [0.1, 0.15) is 51.9 Å². The van der Waals surface area contributed by atoms with E-state index in [2.05, 4.69) is 6.92 Å². The summed E-state index contributed by atoms with van der Waals surface area (Å²) in [4.78, 5) is 0. The van der Waals surface area contributed by atoms with E-state index in [1.165, 1.54) is 19.3 Å². The van der Waals surface area contributed by atoms with Gasteiger partial charge >= 0.3 is 0 Å². The molecule has 0 aromatic rings. The maximum absolute atomic E-state index is 10.4. The van der Waals surface area contributed by atoms with Crippen LogP contribution in [0.5, 0.6) is 0 Å². The Bertz CT molecular complexity index is 285. The van der Waals surface area contributed by atoms with Gasteiger partial charge in [-0.2, -0.15) is 0 Å². The smallest absolute Gasteiger partial charge is 0.168 e. The first-order valence-electron chi connectivity index (χ1n) is 7.11. The van der Waals surface area contributed by atoms with Gasteiger partial charge in [-0.25, -0.2) is 0 Å². The van der Waals surface area contributed by atoms with Crippen molar-refractivity contribution in [3.8, 4) is 0 Å². The van der Waals surface area contributed by atoms with Crippen LogP contribution in [0.2, 0.25) is 0 Å². The molecule has 2 saturated carbocycles. The molecule has 0 aromatic carbocycles. The fraction of sp³-hybridized carbons (Fsp3) is 1.00. The zero-order valence-corrected chi connectivity index (χ0v) is 10.8. The Kier molecular flexibility index (Phi) is 2.96. The Balaban J connectivity index is 1.81. The molecule has 1 spiro atoms. The van der Waals surface area contributed by atoms with E-state index in [9.17, 15) is 5.11 Å². The molecule has 17 heavy (non-hydrogen) atoms. The Morgan fingerprint density at radius 2 is 1.76 bits per heavy atom.